The van der Waals surface area contributed by atoms with Crippen LogP contribution in [0.2, 0.25) is 0 Å². The van der Waals surface area contributed by atoms with E-state index in [9.17, 15) is 0 Å². The highest BCUT2D eigenvalue weighted by molar-refractivity contribution is 7.26. The van der Waals surface area contributed by atoms with Gasteiger partial charge in [-0.1, -0.05) is 152 Å². The van der Waals surface area contributed by atoms with Crippen molar-refractivity contribution in [3.63, 3.8) is 0 Å². The summed E-state index contributed by atoms with van der Waals surface area (Å²) in [5.41, 5.74) is 12.6. The third-order valence-corrected chi connectivity index (χ3v) is 13.0. The van der Waals surface area contributed by atoms with E-state index in [1.807, 2.05) is 11.3 Å². The maximum absolute atomic E-state index is 5.46. The van der Waals surface area contributed by atoms with Crippen molar-refractivity contribution in [2.45, 2.75) is 0 Å². The van der Waals surface area contributed by atoms with Gasteiger partial charge in [0, 0.05) is 46.8 Å². The van der Waals surface area contributed by atoms with Gasteiger partial charge in [0.25, 0.3) is 0 Å². The van der Waals surface area contributed by atoms with Crippen molar-refractivity contribution in [1.82, 2.24) is 9.97 Å². The van der Waals surface area contributed by atoms with Gasteiger partial charge in [-0.25, -0.2) is 9.97 Å². The topological polar surface area (TPSA) is 25.8 Å². The van der Waals surface area contributed by atoms with Gasteiger partial charge in [-0.05, 0) is 87.0 Å². The largest absolute Gasteiger partial charge is 0.227 e. The van der Waals surface area contributed by atoms with Gasteiger partial charge in [0.2, 0.25) is 0 Å². The molecule has 0 saturated heterocycles. The first-order valence-electron chi connectivity index (χ1n) is 18.8. The van der Waals surface area contributed by atoms with Crippen LogP contribution in [0.3, 0.4) is 0 Å². The number of nitrogens with zero attached hydrogens (tertiary/aromatic N) is 2. The highest BCUT2D eigenvalue weighted by Gasteiger charge is 2.20. The van der Waals surface area contributed by atoms with Gasteiger partial charge >= 0.3 is 0 Å². The highest BCUT2D eigenvalue weighted by atomic mass is 32.1. The van der Waals surface area contributed by atoms with E-state index < -0.39 is 0 Å². The van der Waals surface area contributed by atoms with Gasteiger partial charge in [-0.3, -0.25) is 0 Å². The van der Waals surface area contributed by atoms with Crippen LogP contribution >= 0.6 is 22.7 Å². The van der Waals surface area contributed by atoms with E-state index in [0.717, 1.165) is 44.0 Å². The zero-order chi connectivity index (χ0) is 37.0. The van der Waals surface area contributed by atoms with Crippen LogP contribution in [-0.4, -0.2) is 9.97 Å². The van der Waals surface area contributed by atoms with Crippen molar-refractivity contribution < 1.29 is 0 Å². The summed E-state index contributed by atoms with van der Waals surface area (Å²) in [4.78, 5) is 11.7. The number of aromatic nitrogens is 2. The Morgan fingerprint density at radius 3 is 1.46 bits per heavy atom. The van der Waals surface area contributed by atoms with Crippen LogP contribution in [0.25, 0.3) is 108 Å². The van der Waals surface area contributed by atoms with Crippen LogP contribution in [0.5, 0.6) is 0 Å². The molecule has 3 aromatic heterocycles. The summed E-state index contributed by atoms with van der Waals surface area (Å²) in [5.74, 6) is 0.734. The second kappa shape index (κ2) is 13.5. The van der Waals surface area contributed by atoms with Gasteiger partial charge in [0.1, 0.15) is 4.83 Å². The Kier molecular flexibility index (Phi) is 7.90. The van der Waals surface area contributed by atoms with Crippen LogP contribution in [0.4, 0.5) is 0 Å². The van der Waals surface area contributed by atoms with Crippen LogP contribution in [-0.2, 0) is 0 Å². The van der Waals surface area contributed by atoms with E-state index in [1.165, 1.54) is 63.6 Å². The Labute approximate surface area is 332 Å². The van der Waals surface area contributed by atoms with Crippen LogP contribution < -0.4 is 0 Å². The second-order valence-corrected chi connectivity index (χ2v) is 16.2. The van der Waals surface area contributed by atoms with E-state index in [1.54, 1.807) is 11.3 Å². The maximum Gasteiger partial charge on any atom is 0.161 e. The molecule has 0 amide bonds. The first-order chi connectivity index (χ1) is 27.7. The fraction of sp³-hybridized carbons (Fsp3) is 0. The number of hydrogen-bond acceptors (Lipinski definition) is 4. The molecule has 3 heterocycles. The normalized spacial score (nSPS) is 11.6. The lowest BCUT2D eigenvalue weighted by Gasteiger charge is -2.13. The minimum atomic E-state index is 0.734. The number of fused-ring (bicyclic) bond motifs is 6. The van der Waals surface area contributed by atoms with Crippen molar-refractivity contribution in [3.05, 3.63) is 194 Å². The Hall–Kier alpha value is -6.72. The molecule has 0 spiro atoms. The molecule has 0 N–H and O–H groups in total. The Morgan fingerprint density at radius 2 is 0.786 bits per heavy atom. The quantitative estimate of drug-likeness (QED) is 0.169. The summed E-state index contributed by atoms with van der Waals surface area (Å²) >= 11 is 3.58. The fourth-order valence-electron chi connectivity index (χ4n) is 7.99. The molecule has 0 bridgehead atoms. The monoisotopic (exact) mass is 748 g/mol. The number of benzene rings is 8. The summed E-state index contributed by atoms with van der Waals surface area (Å²) in [6, 6.07) is 69.7. The minimum Gasteiger partial charge on any atom is -0.227 e. The van der Waals surface area contributed by atoms with Gasteiger partial charge < -0.3 is 0 Å². The minimum absolute atomic E-state index is 0.734. The van der Waals surface area contributed by atoms with Crippen LogP contribution in [0.1, 0.15) is 0 Å². The molecule has 0 radical (unpaired) electrons. The first-order valence-corrected chi connectivity index (χ1v) is 20.4. The number of rotatable bonds is 6. The number of hydrogen-bond donors (Lipinski definition) is 0. The number of thiophene rings is 2. The van der Waals surface area contributed by atoms with Crippen LogP contribution in [0.15, 0.2) is 194 Å². The second-order valence-electron chi connectivity index (χ2n) is 14.1. The molecule has 0 aliphatic rings. The van der Waals surface area contributed by atoms with E-state index in [4.69, 9.17) is 9.97 Å². The van der Waals surface area contributed by atoms with Gasteiger partial charge in [-0.2, -0.15) is 0 Å². The SMILES string of the molecule is c1ccc(-c2cc(-c3ccccc3)cc(-c3cccc(-c4cccc(-c5nc(-c6cccc7c6sc6ccccc67)c6c(n5)sc5ccccc56)c4)c3)c2)cc1. The third kappa shape index (κ3) is 5.70. The standard InChI is InChI=1S/C52H32N2S2/c1-3-14-33(15-4-1)39-30-40(34-16-5-2-6-17-34)32-41(31-39)37-20-11-18-35(28-37)36-19-12-21-38(29-36)51-53-49(48-44-23-8-10-27-47(44)56-52(48)54-51)45-25-13-24-43-42-22-7-9-26-46(42)55-50(43)45/h1-32H. The maximum atomic E-state index is 5.46. The molecule has 4 heteroatoms. The Bertz CT molecular complexity index is 3190. The highest BCUT2D eigenvalue weighted by Crippen LogP contribution is 2.45. The molecule has 0 fully saturated rings. The van der Waals surface area contributed by atoms with Crippen molar-refractivity contribution >= 4 is 63.1 Å². The zero-order valence-corrected chi connectivity index (χ0v) is 31.8. The molecule has 0 aliphatic carbocycles. The lowest BCUT2D eigenvalue weighted by atomic mass is 9.92. The van der Waals surface area contributed by atoms with Gasteiger partial charge in [-0.15, -0.1) is 22.7 Å². The molecule has 56 heavy (non-hydrogen) atoms. The van der Waals surface area contributed by atoms with E-state index >= 15 is 0 Å². The molecular weight excluding hydrogens is 717 g/mol. The molecule has 11 rings (SSSR count). The van der Waals surface area contributed by atoms with E-state index in [-0.39, 0.29) is 0 Å². The lowest BCUT2D eigenvalue weighted by Crippen LogP contribution is -1.94. The summed E-state index contributed by atoms with van der Waals surface area (Å²) in [6.07, 6.45) is 0. The molecule has 0 atom stereocenters. The smallest absolute Gasteiger partial charge is 0.161 e. The van der Waals surface area contributed by atoms with Gasteiger partial charge in [0.15, 0.2) is 5.82 Å². The van der Waals surface area contributed by atoms with Gasteiger partial charge in [0.05, 0.1) is 5.69 Å². The Balaban J connectivity index is 1.05. The summed E-state index contributed by atoms with van der Waals surface area (Å²) in [5, 5.41) is 4.87. The van der Waals surface area contributed by atoms with E-state index in [0.29, 0.717) is 0 Å². The summed E-state index contributed by atoms with van der Waals surface area (Å²) < 4.78 is 3.76. The van der Waals surface area contributed by atoms with Crippen LogP contribution in [0, 0.1) is 0 Å². The van der Waals surface area contributed by atoms with Crippen molar-refractivity contribution in [1.29, 1.82) is 0 Å². The molecule has 8 aromatic carbocycles. The lowest BCUT2D eigenvalue weighted by molar-refractivity contribution is 1.24. The summed E-state index contributed by atoms with van der Waals surface area (Å²) in [6.45, 7) is 0. The average Bonchev–Trinajstić information content (AvgIpc) is 3.85. The van der Waals surface area contributed by atoms with Crippen molar-refractivity contribution in [2.24, 2.45) is 0 Å². The molecule has 0 aliphatic heterocycles. The predicted molar refractivity (Wildman–Crippen MR) is 240 cm³/mol. The summed E-state index contributed by atoms with van der Waals surface area (Å²) in [7, 11) is 0. The molecule has 11 aromatic rings. The molecular formula is C52H32N2S2. The predicted octanol–water partition coefficient (Wildman–Crippen LogP) is 15.2. The molecule has 2 nitrogen and oxygen atoms in total. The zero-order valence-electron chi connectivity index (χ0n) is 30.2. The van der Waals surface area contributed by atoms with Crippen molar-refractivity contribution in [3.8, 4) is 67.2 Å². The van der Waals surface area contributed by atoms with Crippen molar-refractivity contribution in [2.75, 3.05) is 0 Å². The van der Waals surface area contributed by atoms with E-state index in [2.05, 4.69) is 194 Å². The molecule has 262 valence electrons. The average molecular weight is 749 g/mol. The first kappa shape index (κ1) is 32.7. The third-order valence-electron chi connectivity index (χ3n) is 10.7. The molecule has 0 saturated carbocycles. The fourth-order valence-corrected chi connectivity index (χ4v) is 10.3. The molecule has 0 unspecified atom stereocenters. The Morgan fingerprint density at radius 1 is 0.321 bits per heavy atom.